The van der Waals surface area contributed by atoms with Crippen LogP contribution < -0.4 is 8.98 Å². The third kappa shape index (κ3) is 2.11. The van der Waals surface area contributed by atoms with Gasteiger partial charge in [-0.1, -0.05) is 22.8 Å². The van der Waals surface area contributed by atoms with Gasteiger partial charge in [0, 0.05) is 0 Å². The summed E-state index contributed by atoms with van der Waals surface area (Å²) >= 11 is 4.39. The fourth-order valence-corrected chi connectivity index (χ4v) is 3.58. The van der Waals surface area contributed by atoms with E-state index in [1.165, 1.54) is 18.2 Å². The second-order valence-electron chi connectivity index (χ2n) is 3.60. The van der Waals surface area contributed by atoms with E-state index in [9.17, 15) is 21.6 Å². The highest BCUT2D eigenvalue weighted by Crippen LogP contribution is 2.27. The van der Waals surface area contributed by atoms with Crippen LogP contribution in [0.15, 0.2) is 24.3 Å². The van der Waals surface area contributed by atoms with E-state index in [2.05, 4.69) is 16.3 Å². The Kier molecular flexibility index (Phi) is 3.34. The maximum absolute atomic E-state index is 12.6. The molecule has 1 aromatic carbocycles. The predicted octanol–water partition coefficient (Wildman–Crippen LogP) is -0.0734. The highest BCUT2D eigenvalue weighted by atomic mass is 32.2. The number of rotatable bonds is 1. The van der Waals surface area contributed by atoms with Crippen LogP contribution in [0.4, 0.5) is 13.2 Å². The summed E-state index contributed by atoms with van der Waals surface area (Å²) in [4.78, 5) is 0. The first-order chi connectivity index (χ1) is 8.14. The average Bonchev–Trinajstić information content (AvgIpc) is 2.51. The molecule has 1 heterocycles. The average molecular weight is 301 g/mol. The van der Waals surface area contributed by atoms with E-state index in [1.54, 1.807) is 6.07 Å². The molecule has 0 saturated heterocycles. The maximum Gasteiger partial charge on any atom is 0.517 e. The SMILES string of the molecule is O=S(=O)(n1[c]([Al])cc2c[c]([Al])ccc21)C(F)(F)F. The van der Waals surface area contributed by atoms with Gasteiger partial charge in [-0.05, 0) is 11.5 Å². The van der Waals surface area contributed by atoms with E-state index in [1.807, 2.05) is 16.3 Å². The number of hydrogen-bond donors (Lipinski definition) is 0. The minimum atomic E-state index is -5.41. The normalized spacial score (nSPS) is 13.1. The number of benzene rings is 1. The summed E-state index contributed by atoms with van der Waals surface area (Å²) in [5.74, 6) is 0. The summed E-state index contributed by atoms with van der Waals surface area (Å²) in [6.07, 6.45) is 0. The molecule has 0 aliphatic heterocycles. The topological polar surface area (TPSA) is 39.1 Å². The van der Waals surface area contributed by atoms with Crippen LogP contribution in [-0.4, -0.2) is 50.5 Å². The molecule has 18 heavy (non-hydrogen) atoms. The van der Waals surface area contributed by atoms with E-state index in [0.717, 1.165) is 4.43 Å². The van der Waals surface area contributed by atoms with Gasteiger partial charge in [0.1, 0.15) is 0 Å². The van der Waals surface area contributed by atoms with Gasteiger partial charge in [0.15, 0.2) is 16.3 Å². The Labute approximate surface area is 117 Å². The van der Waals surface area contributed by atoms with Crippen molar-refractivity contribution in [1.82, 2.24) is 3.97 Å². The largest absolute Gasteiger partial charge is 0.517 e. The molecule has 0 atom stereocenters. The van der Waals surface area contributed by atoms with Crippen molar-refractivity contribution in [1.29, 1.82) is 0 Å². The van der Waals surface area contributed by atoms with Crippen molar-refractivity contribution in [2.24, 2.45) is 0 Å². The number of hydrogen-bond acceptors (Lipinski definition) is 2. The monoisotopic (exact) mass is 301 g/mol. The third-order valence-corrected chi connectivity index (χ3v) is 4.79. The Hall–Kier alpha value is -0.435. The quantitative estimate of drug-likeness (QED) is 0.692. The molecule has 0 aliphatic rings. The van der Waals surface area contributed by atoms with Gasteiger partial charge in [-0.25, -0.2) is 0 Å². The molecular weight excluding hydrogens is 297 g/mol. The van der Waals surface area contributed by atoms with E-state index in [0.29, 0.717) is 5.39 Å². The zero-order chi connectivity index (χ0) is 13.7. The minimum Gasteiger partial charge on any atom is -0.254 e. The number of aromatic nitrogens is 1. The highest BCUT2D eigenvalue weighted by Gasteiger charge is 2.48. The number of halogens is 3. The Balaban J connectivity index is 2.85. The first kappa shape index (κ1) is 14.0. The van der Waals surface area contributed by atoms with Crippen LogP contribution in [0.3, 0.4) is 0 Å². The minimum absolute atomic E-state index is 0.00326. The zero-order valence-corrected chi connectivity index (χ0v) is 11.9. The number of alkyl halides is 3. The molecule has 0 N–H and O–H groups in total. The zero-order valence-electron chi connectivity index (χ0n) is 8.77. The summed E-state index contributed by atoms with van der Waals surface area (Å²) in [6.45, 7) is 0. The van der Waals surface area contributed by atoms with Crippen LogP contribution in [0.5, 0.6) is 0 Å². The van der Waals surface area contributed by atoms with Crippen LogP contribution in [0.2, 0.25) is 0 Å². The van der Waals surface area contributed by atoms with E-state index >= 15 is 0 Å². The summed E-state index contributed by atoms with van der Waals surface area (Å²) in [6, 6.07) is 5.83. The molecular formula is C9H4Al2F3NO2S. The Morgan fingerprint density at radius 2 is 1.72 bits per heavy atom. The fourth-order valence-electron chi connectivity index (χ4n) is 1.60. The van der Waals surface area contributed by atoms with Crippen LogP contribution in [0, 0.1) is 0 Å². The Bertz CT molecular complexity index is 721. The molecule has 0 fully saturated rings. The number of fused-ring (bicyclic) bond motifs is 1. The van der Waals surface area contributed by atoms with Crippen LogP contribution in [-0.2, 0) is 10.0 Å². The maximum atomic E-state index is 12.6. The lowest BCUT2D eigenvalue weighted by Crippen LogP contribution is -2.35. The molecule has 90 valence electrons. The molecule has 0 bridgehead atoms. The predicted molar refractivity (Wildman–Crippen MR) is 63.1 cm³/mol. The molecule has 1 aromatic heterocycles. The van der Waals surface area contributed by atoms with Gasteiger partial charge in [0.25, 0.3) is 0 Å². The van der Waals surface area contributed by atoms with Gasteiger partial charge in [0.2, 0.25) is 16.3 Å². The Morgan fingerprint density at radius 1 is 1.11 bits per heavy atom. The van der Waals surface area contributed by atoms with Crippen molar-refractivity contribution in [2.75, 3.05) is 0 Å². The van der Waals surface area contributed by atoms with Crippen LogP contribution >= 0.6 is 0 Å². The van der Waals surface area contributed by atoms with Crippen molar-refractivity contribution in [3.63, 3.8) is 0 Å². The lowest BCUT2D eigenvalue weighted by atomic mass is 10.2. The van der Waals surface area contributed by atoms with E-state index < -0.39 is 15.5 Å². The molecule has 2 aromatic rings. The Morgan fingerprint density at radius 3 is 2.28 bits per heavy atom. The standard InChI is InChI=1S/C9H4F3NO2S.2Al/c10-9(11,12)16(14,15)13-6-5-7-3-1-2-4-8(7)13;;/h2-5H;;. The molecule has 3 nitrogen and oxygen atoms in total. The first-order valence-electron chi connectivity index (χ1n) is 4.63. The fraction of sp³-hybridized carbons (Fsp3) is 0.111. The third-order valence-electron chi connectivity index (χ3n) is 2.34. The molecule has 0 aliphatic carbocycles. The number of nitrogens with zero attached hydrogens (tertiary/aromatic N) is 1. The summed E-state index contributed by atoms with van der Waals surface area (Å²) in [5, 5.41) is 0.431. The van der Waals surface area contributed by atoms with Gasteiger partial charge in [-0.2, -0.15) is 21.6 Å². The lowest BCUT2D eigenvalue weighted by molar-refractivity contribution is -0.0444. The summed E-state index contributed by atoms with van der Waals surface area (Å²) in [5.41, 5.74) is -5.33. The molecule has 2 rings (SSSR count). The molecule has 4 radical (unpaired) electrons. The van der Waals surface area contributed by atoms with Crippen molar-refractivity contribution < 1.29 is 21.6 Å². The first-order valence-corrected chi connectivity index (χ1v) is 7.22. The van der Waals surface area contributed by atoms with Crippen molar-refractivity contribution >= 4 is 62.5 Å². The second-order valence-corrected chi connectivity index (χ2v) is 6.64. The molecule has 0 amide bonds. The van der Waals surface area contributed by atoms with Gasteiger partial charge in [0.05, 0.1) is 5.52 Å². The molecule has 0 spiro atoms. The van der Waals surface area contributed by atoms with Crippen LogP contribution in [0.25, 0.3) is 10.9 Å². The summed E-state index contributed by atoms with van der Waals surface area (Å²) < 4.78 is 61.6. The second kappa shape index (κ2) is 4.30. The van der Waals surface area contributed by atoms with Crippen molar-refractivity contribution in [3.8, 4) is 0 Å². The van der Waals surface area contributed by atoms with Gasteiger partial charge in [-0.3, -0.25) is 3.97 Å². The van der Waals surface area contributed by atoms with Crippen molar-refractivity contribution in [2.45, 2.75) is 5.51 Å². The van der Waals surface area contributed by atoms with Crippen LogP contribution in [0.1, 0.15) is 0 Å². The molecule has 9 heteroatoms. The van der Waals surface area contributed by atoms with Gasteiger partial charge < -0.3 is 0 Å². The van der Waals surface area contributed by atoms with E-state index in [4.69, 9.17) is 0 Å². The molecule has 0 unspecified atom stereocenters. The van der Waals surface area contributed by atoms with E-state index in [-0.39, 0.29) is 14.0 Å². The van der Waals surface area contributed by atoms with Gasteiger partial charge in [-0.15, -0.1) is 4.43 Å². The summed E-state index contributed by atoms with van der Waals surface area (Å²) in [7, 11) is -5.41. The lowest BCUT2D eigenvalue weighted by Gasteiger charge is -2.13. The smallest absolute Gasteiger partial charge is 0.254 e. The van der Waals surface area contributed by atoms with Gasteiger partial charge >= 0.3 is 15.5 Å². The molecule has 0 saturated carbocycles. The highest BCUT2D eigenvalue weighted by molar-refractivity contribution is 7.91. The van der Waals surface area contributed by atoms with Crippen molar-refractivity contribution in [3.05, 3.63) is 24.3 Å².